The first-order chi connectivity index (χ1) is 8.86. The molecule has 0 aliphatic carbocycles. The van der Waals surface area contributed by atoms with Crippen molar-refractivity contribution in [1.82, 2.24) is 0 Å². The van der Waals surface area contributed by atoms with E-state index in [2.05, 4.69) is 39.8 Å². The third-order valence-corrected chi connectivity index (χ3v) is 3.55. The fraction of sp³-hybridized carbons (Fsp3) is 0.562. The molecule has 0 aliphatic rings. The van der Waals surface area contributed by atoms with Crippen LogP contribution in [0.1, 0.15) is 57.1 Å². The molecule has 1 unspecified atom stereocenters. The van der Waals surface area contributed by atoms with Crippen LogP contribution in [0.3, 0.4) is 0 Å². The monoisotopic (exact) mass is 263 g/mol. The molecule has 0 fully saturated rings. The predicted molar refractivity (Wildman–Crippen MR) is 78.5 cm³/mol. The number of methoxy groups -OCH3 is 1. The number of ether oxygens (including phenoxy) is 1. The Bertz CT molecular complexity index is 438. The number of hydrogen-bond acceptors (Lipinski definition) is 2. The van der Waals surface area contributed by atoms with E-state index in [4.69, 9.17) is 10.5 Å². The molecule has 1 aromatic carbocycles. The molecule has 0 aliphatic heterocycles. The molecule has 0 heterocycles. The maximum absolute atomic E-state index is 11.3. The van der Waals surface area contributed by atoms with E-state index >= 15 is 0 Å². The molecular weight excluding hydrogens is 238 g/mol. The second-order valence-corrected chi connectivity index (χ2v) is 5.68. The van der Waals surface area contributed by atoms with Crippen LogP contribution in [0.25, 0.3) is 0 Å². The molecule has 3 heteroatoms. The van der Waals surface area contributed by atoms with E-state index in [-0.39, 0.29) is 11.8 Å². The first-order valence-corrected chi connectivity index (χ1v) is 6.83. The molecule has 0 saturated carbocycles. The first-order valence-electron chi connectivity index (χ1n) is 6.83. The fourth-order valence-corrected chi connectivity index (χ4v) is 2.32. The summed E-state index contributed by atoms with van der Waals surface area (Å²) in [7, 11) is 1.66. The van der Waals surface area contributed by atoms with Gasteiger partial charge < -0.3 is 10.5 Å². The zero-order valence-electron chi connectivity index (χ0n) is 12.6. The Hall–Kier alpha value is -1.51. The van der Waals surface area contributed by atoms with Crippen LogP contribution in [-0.4, -0.2) is 13.0 Å². The number of nitrogens with two attached hydrogens (primary N) is 1. The highest BCUT2D eigenvalue weighted by molar-refractivity contribution is 5.75. The minimum absolute atomic E-state index is 0.103. The van der Waals surface area contributed by atoms with Gasteiger partial charge in [-0.1, -0.05) is 39.8 Å². The number of benzene rings is 1. The molecule has 1 rings (SSSR count). The van der Waals surface area contributed by atoms with E-state index in [1.165, 1.54) is 5.56 Å². The van der Waals surface area contributed by atoms with Crippen LogP contribution in [0.2, 0.25) is 0 Å². The third kappa shape index (κ3) is 3.98. The summed E-state index contributed by atoms with van der Waals surface area (Å²) in [5, 5.41) is 0. The lowest BCUT2D eigenvalue weighted by molar-refractivity contribution is -0.118. The van der Waals surface area contributed by atoms with Crippen molar-refractivity contribution in [2.24, 2.45) is 11.7 Å². The lowest BCUT2D eigenvalue weighted by atomic mass is 9.83. The van der Waals surface area contributed by atoms with E-state index in [0.717, 1.165) is 11.3 Å². The molecule has 0 aromatic heterocycles. The molecule has 0 radical (unpaired) electrons. The lowest BCUT2D eigenvalue weighted by Gasteiger charge is -2.23. The van der Waals surface area contributed by atoms with Gasteiger partial charge in [-0.25, -0.2) is 0 Å². The Morgan fingerprint density at radius 3 is 2.32 bits per heavy atom. The summed E-state index contributed by atoms with van der Waals surface area (Å²) in [6.07, 6.45) is 0.357. The SMILES string of the molecule is COc1ccc(C(C)C)cc1C(CC(N)=O)C(C)C. The summed E-state index contributed by atoms with van der Waals surface area (Å²) in [6, 6.07) is 6.22. The smallest absolute Gasteiger partial charge is 0.218 e. The van der Waals surface area contributed by atoms with Crippen LogP contribution in [-0.2, 0) is 4.79 Å². The third-order valence-electron chi connectivity index (χ3n) is 3.55. The molecule has 1 atom stereocenters. The minimum Gasteiger partial charge on any atom is -0.496 e. The van der Waals surface area contributed by atoms with E-state index < -0.39 is 0 Å². The molecular formula is C16H25NO2. The van der Waals surface area contributed by atoms with Gasteiger partial charge in [-0.15, -0.1) is 0 Å². The van der Waals surface area contributed by atoms with Gasteiger partial charge in [-0.3, -0.25) is 4.79 Å². The highest BCUT2D eigenvalue weighted by atomic mass is 16.5. The zero-order valence-corrected chi connectivity index (χ0v) is 12.6. The molecule has 2 N–H and O–H groups in total. The van der Waals surface area contributed by atoms with E-state index in [1.807, 2.05) is 6.07 Å². The van der Waals surface area contributed by atoms with Crippen LogP contribution in [0.15, 0.2) is 18.2 Å². The summed E-state index contributed by atoms with van der Waals surface area (Å²) in [5.74, 6) is 1.46. The quantitative estimate of drug-likeness (QED) is 0.854. The number of amides is 1. The van der Waals surface area contributed by atoms with Crippen molar-refractivity contribution < 1.29 is 9.53 Å². The number of primary amides is 1. The highest BCUT2D eigenvalue weighted by Crippen LogP contribution is 2.36. The average Bonchev–Trinajstić information content (AvgIpc) is 2.34. The van der Waals surface area contributed by atoms with Crippen molar-refractivity contribution in [3.63, 3.8) is 0 Å². The fourth-order valence-electron chi connectivity index (χ4n) is 2.32. The second kappa shape index (κ2) is 6.60. The summed E-state index contributed by atoms with van der Waals surface area (Å²) in [4.78, 5) is 11.3. The van der Waals surface area contributed by atoms with Crippen molar-refractivity contribution in [2.75, 3.05) is 7.11 Å². The van der Waals surface area contributed by atoms with Gasteiger partial charge in [0, 0.05) is 6.42 Å². The van der Waals surface area contributed by atoms with Gasteiger partial charge in [-0.2, -0.15) is 0 Å². The van der Waals surface area contributed by atoms with Crippen LogP contribution >= 0.6 is 0 Å². The largest absolute Gasteiger partial charge is 0.496 e. The molecule has 106 valence electrons. The van der Waals surface area contributed by atoms with Crippen molar-refractivity contribution in [1.29, 1.82) is 0 Å². The van der Waals surface area contributed by atoms with Crippen LogP contribution in [0, 0.1) is 5.92 Å². The summed E-state index contributed by atoms with van der Waals surface area (Å²) >= 11 is 0. The Balaban J connectivity index is 3.25. The van der Waals surface area contributed by atoms with Crippen LogP contribution in [0.5, 0.6) is 5.75 Å². The number of rotatable bonds is 6. The Labute approximate surface area is 116 Å². The van der Waals surface area contributed by atoms with E-state index in [0.29, 0.717) is 18.3 Å². The Morgan fingerprint density at radius 1 is 1.26 bits per heavy atom. The molecule has 0 spiro atoms. The molecule has 1 amide bonds. The van der Waals surface area contributed by atoms with E-state index in [1.54, 1.807) is 7.11 Å². The predicted octanol–water partition coefficient (Wildman–Crippen LogP) is 3.43. The highest BCUT2D eigenvalue weighted by Gasteiger charge is 2.22. The van der Waals surface area contributed by atoms with Crippen molar-refractivity contribution in [3.05, 3.63) is 29.3 Å². The van der Waals surface area contributed by atoms with E-state index in [9.17, 15) is 4.79 Å². The van der Waals surface area contributed by atoms with Crippen molar-refractivity contribution in [3.8, 4) is 5.75 Å². The normalized spacial score (nSPS) is 12.8. The van der Waals surface area contributed by atoms with Gasteiger partial charge in [0.05, 0.1) is 7.11 Å². The maximum Gasteiger partial charge on any atom is 0.218 e. The molecule has 0 bridgehead atoms. The zero-order chi connectivity index (χ0) is 14.6. The van der Waals surface area contributed by atoms with Gasteiger partial charge in [0.25, 0.3) is 0 Å². The van der Waals surface area contributed by atoms with Crippen LogP contribution < -0.4 is 10.5 Å². The maximum atomic E-state index is 11.3. The first kappa shape index (κ1) is 15.5. The average molecular weight is 263 g/mol. The standard InChI is InChI=1S/C16H25NO2/c1-10(2)12-6-7-15(19-5)14(8-12)13(11(3)4)9-16(17)18/h6-8,10-11,13H,9H2,1-5H3,(H2,17,18). The van der Waals surface area contributed by atoms with Crippen molar-refractivity contribution in [2.45, 2.75) is 46.0 Å². The lowest BCUT2D eigenvalue weighted by Crippen LogP contribution is -2.19. The molecule has 1 aromatic rings. The van der Waals surface area contributed by atoms with Gasteiger partial charge in [0.1, 0.15) is 5.75 Å². The summed E-state index contributed by atoms with van der Waals surface area (Å²) in [5.41, 5.74) is 7.72. The number of carbonyl (C=O) groups is 1. The number of carbonyl (C=O) groups excluding carboxylic acids is 1. The van der Waals surface area contributed by atoms with Crippen molar-refractivity contribution >= 4 is 5.91 Å². The van der Waals surface area contributed by atoms with Gasteiger partial charge in [0.15, 0.2) is 0 Å². The van der Waals surface area contributed by atoms with Gasteiger partial charge in [0.2, 0.25) is 5.91 Å². The molecule has 3 nitrogen and oxygen atoms in total. The molecule has 0 saturated heterocycles. The second-order valence-electron chi connectivity index (χ2n) is 5.68. The van der Waals surface area contributed by atoms with Gasteiger partial charge >= 0.3 is 0 Å². The minimum atomic E-state index is -0.268. The molecule has 19 heavy (non-hydrogen) atoms. The topological polar surface area (TPSA) is 52.3 Å². The Morgan fingerprint density at radius 2 is 1.89 bits per heavy atom. The number of hydrogen-bond donors (Lipinski definition) is 1. The van der Waals surface area contributed by atoms with Gasteiger partial charge in [-0.05, 0) is 34.9 Å². The Kier molecular flexibility index (Phi) is 5.40. The summed E-state index contributed by atoms with van der Waals surface area (Å²) < 4.78 is 5.44. The summed E-state index contributed by atoms with van der Waals surface area (Å²) in [6.45, 7) is 8.53. The van der Waals surface area contributed by atoms with Crippen LogP contribution in [0.4, 0.5) is 0 Å².